The third-order valence-corrected chi connectivity index (χ3v) is 4.48. The quantitative estimate of drug-likeness (QED) is 0.679. The van der Waals surface area contributed by atoms with Gasteiger partial charge in [-0.2, -0.15) is 18.3 Å². The van der Waals surface area contributed by atoms with Gasteiger partial charge < -0.3 is 9.26 Å². The van der Waals surface area contributed by atoms with Crippen LogP contribution in [0.4, 0.5) is 17.6 Å². The van der Waals surface area contributed by atoms with E-state index in [1.807, 2.05) is 0 Å². The highest BCUT2D eigenvalue weighted by molar-refractivity contribution is 5.55. The highest BCUT2D eigenvalue weighted by atomic mass is 19.4. The van der Waals surface area contributed by atoms with Gasteiger partial charge in [0.1, 0.15) is 6.10 Å². The van der Waals surface area contributed by atoms with Gasteiger partial charge in [0.25, 0.3) is 5.56 Å². The molecule has 4 rings (SSSR count). The summed E-state index contributed by atoms with van der Waals surface area (Å²) in [5.74, 6) is 0.581. The van der Waals surface area contributed by atoms with Crippen molar-refractivity contribution < 1.29 is 26.8 Å². The molecular formula is C18H13F4N3O3. The number of aromatic nitrogens is 3. The summed E-state index contributed by atoms with van der Waals surface area (Å²) < 4.78 is 63.1. The molecular weight excluding hydrogens is 382 g/mol. The Kier molecular flexibility index (Phi) is 4.20. The van der Waals surface area contributed by atoms with E-state index in [4.69, 9.17) is 9.26 Å². The summed E-state index contributed by atoms with van der Waals surface area (Å²) in [6, 6.07) is 6.33. The number of aromatic amines is 1. The average Bonchev–Trinajstić information content (AvgIpc) is 3.07. The molecule has 0 aromatic carbocycles. The zero-order valence-electron chi connectivity index (χ0n) is 14.2. The Morgan fingerprint density at radius 3 is 2.46 bits per heavy atom. The largest absolute Gasteiger partial charge is 0.474 e. The summed E-state index contributed by atoms with van der Waals surface area (Å²) >= 11 is 0. The summed E-state index contributed by atoms with van der Waals surface area (Å²) in [6.07, 6.45) is -2.99. The van der Waals surface area contributed by atoms with E-state index in [-0.39, 0.29) is 30.0 Å². The Bertz CT molecular complexity index is 1020. The van der Waals surface area contributed by atoms with E-state index in [2.05, 4.69) is 15.1 Å². The number of H-pyrrole nitrogens is 1. The molecule has 1 aliphatic carbocycles. The first kappa shape index (κ1) is 18.2. The van der Waals surface area contributed by atoms with Crippen LogP contribution in [0.15, 0.2) is 52.0 Å². The lowest BCUT2D eigenvalue weighted by atomic mass is 9.76. The second-order valence-electron chi connectivity index (χ2n) is 6.51. The van der Waals surface area contributed by atoms with Crippen molar-refractivity contribution in [3.05, 3.63) is 64.3 Å². The first-order valence-electron chi connectivity index (χ1n) is 8.27. The van der Waals surface area contributed by atoms with E-state index < -0.39 is 23.5 Å². The normalized spacial score (nSPS) is 21.9. The summed E-state index contributed by atoms with van der Waals surface area (Å²) in [5.41, 5.74) is -2.61. The van der Waals surface area contributed by atoms with Crippen molar-refractivity contribution in [2.24, 2.45) is 0 Å². The van der Waals surface area contributed by atoms with E-state index in [9.17, 15) is 22.4 Å². The van der Waals surface area contributed by atoms with E-state index in [0.717, 1.165) is 12.1 Å². The van der Waals surface area contributed by atoms with E-state index >= 15 is 0 Å². The van der Waals surface area contributed by atoms with Crippen molar-refractivity contribution in [3.63, 3.8) is 0 Å². The van der Waals surface area contributed by atoms with Gasteiger partial charge in [0.2, 0.25) is 5.88 Å². The number of pyridine rings is 2. The smallest absolute Gasteiger partial charge is 0.417 e. The average molecular weight is 395 g/mol. The second-order valence-corrected chi connectivity index (χ2v) is 6.51. The maximum absolute atomic E-state index is 14.8. The van der Waals surface area contributed by atoms with Gasteiger partial charge in [-0.1, -0.05) is 0 Å². The number of nitrogens with one attached hydrogen (secondary N) is 1. The first-order chi connectivity index (χ1) is 13.2. The fourth-order valence-electron chi connectivity index (χ4n) is 2.97. The van der Waals surface area contributed by atoms with Crippen LogP contribution in [-0.4, -0.2) is 21.2 Å². The predicted molar refractivity (Wildman–Crippen MR) is 88.2 cm³/mol. The lowest BCUT2D eigenvalue weighted by Crippen LogP contribution is -2.45. The molecule has 1 aliphatic rings. The van der Waals surface area contributed by atoms with E-state index in [0.29, 0.717) is 17.5 Å². The van der Waals surface area contributed by atoms with Gasteiger partial charge in [0, 0.05) is 36.9 Å². The standard InChI is InChI=1S/C18H13F4N3O3/c19-17(14-3-2-11(9-23-14)18(20,21)22)6-12(7-17)27-16-4-1-10(8-24-16)13-5-15(26)25-28-13/h1-5,8-9,12H,6-7H2,(H,25,26). The molecule has 0 saturated heterocycles. The molecule has 1 saturated carbocycles. The van der Waals surface area contributed by atoms with Gasteiger partial charge >= 0.3 is 6.18 Å². The molecule has 146 valence electrons. The zero-order valence-corrected chi connectivity index (χ0v) is 14.2. The fraction of sp³-hybridized carbons (Fsp3) is 0.278. The van der Waals surface area contributed by atoms with Crippen molar-refractivity contribution in [3.8, 4) is 17.2 Å². The summed E-state index contributed by atoms with van der Waals surface area (Å²) in [7, 11) is 0. The molecule has 6 nitrogen and oxygen atoms in total. The fourth-order valence-corrected chi connectivity index (χ4v) is 2.97. The zero-order chi connectivity index (χ0) is 19.9. The molecule has 3 aromatic heterocycles. The molecule has 1 N–H and O–H groups in total. The molecule has 10 heteroatoms. The van der Waals surface area contributed by atoms with Crippen molar-refractivity contribution in [1.82, 2.24) is 15.1 Å². The maximum atomic E-state index is 14.8. The Morgan fingerprint density at radius 2 is 1.93 bits per heavy atom. The maximum Gasteiger partial charge on any atom is 0.417 e. The van der Waals surface area contributed by atoms with Crippen LogP contribution >= 0.6 is 0 Å². The van der Waals surface area contributed by atoms with Crippen LogP contribution in [0.3, 0.4) is 0 Å². The molecule has 0 spiro atoms. The minimum absolute atomic E-state index is 0.0402. The SMILES string of the molecule is O=c1cc(-c2ccc(OC3CC(F)(c4ccc(C(F)(F)F)cn4)C3)nc2)o[nH]1. The van der Waals surface area contributed by atoms with E-state index in [1.54, 1.807) is 12.1 Å². The Morgan fingerprint density at radius 1 is 1.14 bits per heavy atom. The highest BCUT2D eigenvalue weighted by Crippen LogP contribution is 2.46. The predicted octanol–water partition coefficient (Wildman–Crippen LogP) is 3.85. The van der Waals surface area contributed by atoms with Crippen LogP contribution in [0.5, 0.6) is 5.88 Å². The first-order valence-corrected chi connectivity index (χ1v) is 8.27. The summed E-state index contributed by atoms with van der Waals surface area (Å²) in [5, 5.41) is 2.17. The van der Waals surface area contributed by atoms with E-state index in [1.165, 1.54) is 12.3 Å². The van der Waals surface area contributed by atoms with Gasteiger partial charge in [-0.15, -0.1) is 0 Å². The number of halogens is 4. The van der Waals surface area contributed by atoms with Gasteiger partial charge in [-0.25, -0.2) is 9.37 Å². The molecule has 0 unspecified atom stereocenters. The van der Waals surface area contributed by atoms with Crippen LogP contribution in [0.2, 0.25) is 0 Å². The van der Waals surface area contributed by atoms with Crippen LogP contribution in [-0.2, 0) is 11.8 Å². The Balaban J connectivity index is 1.38. The Labute approximate surface area is 155 Å². The number of ether oxygens (including phenoxy) is 1. The van der Waals surface area contributed by atoms with Crippen LogP contribution in [0, 0.1) is 0 Å². The van der Waals surface area contributed by atoms with Gasteiger partial charge in [0.15, 0.2) is 11.4 Å². The third-order valence-electron chi connectivity index (χ3n) is 4.48. The van der Waals surface area contributed by atoms with Crippen molar-refractivity contribution in [2.75, 3.05) is 0 Å². The van der Waals surface area contributed by atoms with Crippen molar-refractivity contribution in [2.45, 2.75) is 30.8 Å². The van der Waals surface area contributed by atoms with Crippen LogP contribution in [0.1, 0.15) is 24.1 Å². The number of hydrogen-bond donors (Lipinski definition) is 1. The van der Waals surface area contributed by atoms with Gasteiger partial charge in [-0.3, -0.25) is 9.78 Å². The van der Waals surface area contributed by atoms with Crippen LogP contribution < -0.4 is 10.3 Å². The van der Waals surface area contributed by atoms with Gasteiger partial charge in [-0.05, 0) is 18.2 Å². The summed E-state index contributed by atoms with van der Waals surface area (Å²) in [6.45, 7) is 0. The lowest BCUT2D eigenvalue weighted by molar-refractivity contribution is -0.138. The highest BCUT2D eigenvalue weighted by Gasteiger charge is 2.49. The molecule has 28 heavy (non-hydrogen) atoms. The molecule has 0 atom stereocenters. The lowest BCUT2D eigenvalue weighted by Gasteiger charge is -2.40. The topological polar surface area (TPSA) is 81.0 Å². The molecule has 0 aliphatic heterocycles. The van der Waals surface area contributed by atoms with Crippen molar-refractivity contribution >= 4 is 0 Å². The van der Waals surface area contributed by atoms with Crippen molar-refractivity contribution in [1.29, 1.82) is 0 Å². The number of alkyl halides is 4. The molecule has 1 fully saturated rings. The number of nitrogens with zero attached hydrogens (tertiary/aromatic N) is 2. The molecule has 0 amide bonds. The number of rotatable bonds is 4. The molecule has 3 aromatic rings. The van der Waals surface area contributed by atoms with Gasteiger partial charge in [0.05, 0.1) is 17.3 Å². The minimum Gasteiger partial charge on any atom is -0.474 e. The molecule has 3 heterocycles. The molecule has 0 radical (unpaired) electrons. The summed E-state index contributed by atoms with van der Waals surface area (Å²) in [4.78, 5) is 18.8. The van der Waals surface area contributed by atoms with Crippen LogP contribution in [0.25, 0.3) is 11.3 Å². The minimum atomic E-state index is -4.51. The Hall–Kier alpha value is -3.17. The third kappa shape index (κ3) is 3.49. The second kappa shape index (κ2) is 6.47. The monoisotopic (exact) mass is 395 g/mol. The molecule has 0 bridgehead atoms. The number of hydrogen-bond acceptors (Lipinski definition) is 5.